The normalized spacial score (nSPS) is 11.4. The summed E-state index contributed by atoms with van der Waals surface area (Å²) < 4.78 is 37.3. The molecule has 11 nitrogen and oxygen atoms in total. The molecule has 0 saturated heterocycles. The Bertz CT molecular complexity index is 1400. The van der Waals surface area contributed by atoms with E-state index < -0.39 is 20.6 Å². The standard InChI is InChI=1S/C22H23N3O8S/c1-14-18-7-6-16(32-2)13-20(18)33-22(27)19(14)8-9-21(26)23-10-11-24-34(30,31)17-5-3-4-15(12-17)25(28)29/h3-7,12-13,24H,8-11H2,1-2H3,(H,23,26). The summed E-state index contributed by atoms with van der Waals surface area (Å²) >= 11 is 0. The minimum atomic E-state index is -3.98. The lowest BCUT2D eigenvalue weighted by Crippen LogP contribution is -2.35. The average Bonchev–Trinajstić information content (AvgIpc) is 2.81. The maximum Gasteiger partial charge on any atom is 0.339 e. The summed E-state index contributed by atoms with van der Waals surface area (Å²) in [5.41, 5.74) is 0.622. The van der Waals surface area contributed by atoms with Gasteiger partial charge in [0.2, 0.25) is 15.9 Å². The van der Waals surface area contributed by atoms with Crippen LogP contribution in [0.4, 0.5) is 5.69 Å². The first-order valence-corrected chi connectivity index (χ1v) is 11.7. The lowest BCUT2D eigenvalue weighted by atomic mass is 10.0. The number of carbonyl (C=O) groups excluding carboxylic acids is 1. The Labute approximate surface area is 194 Å². The molecule has 0 aliphatic rings. The van der Waals surface area contributed by atoms with Crippen molar-refractivity contribution in [3.05, 3.63) is 74.1 Å². The number of methoxy groups -OCH3 is 1. The second-order valence-electron chi connectivity index (χ2n) is 7.36. The van der Waals surface area contributed by atoms with E-state index in [1.165, 1.54) is 25.3 Å². The van der Waals surface area contributed by atoms with E-state index in [4.69, 9.17) is 9.15 Å². The number of nitro benzene ring substituents is 1. The topological polar surface area (TPSA) is 158 Å². The Balaban J connectivity index is 1.54. The van der Waals surface area contributed by atoms with E-state index in [-0.39, 0.29) is 42.4 Å². The number of nitro groups is 1. The van der Waals surface area contributed by atoms with Crippen molar-refractivity contribution in [1.29, 1.82) is 0 Å². The molecular weight excluding hydrogens is 466 g/mol. The molecule has 3 rings (SSSR count). The Hall–Kier alpha value is -3.77. The molecule has 1 aromatic heterocycles. The van der Waals surface area contributed by atoms with Gasteiger partial charge in [-0.15, -0.1) is 0 Å². The first kappa shape index (κ1) is 24.9. The highest BCUT2D eigenvalue weighted by molar-refractivity contribution is 7.89. The summed E-state index contributed by atoms with van der Waals surface area (Å²) in [5, 5.41) is 14.1. The molecule has 0 radical (unpaired) electrons. The number of fused-ring (bicyclic) bond motifs is 1. The van der Waals surface area contributed by atoms with Gasteiger partial charge in [0.25, 0.3) is 5.69 Å². The summed E-state index contributed by atoms with van der Waals surface area (Å²) in [6, 6.07) is 9.80. The van der Waals surface area contributed by atoms with E-state index in [9.17, 15) is 28.1 Å². The number of hydrogen-bond donors (Lipinski definition) is 2. The van der Waals surface area contributed by atoms with Gasteiger partial charge in [0.05, 0.1) is 16.9 Å². The molecule has 34 heavy (non-hydrogen) atoms. The predicted molar refractivity (Wildman–Crippen MR) is 123 cm³/mol. The van der Waals surface area contributed by atoms with Crippen molar-refractivity contribution in [1.82, 2.24) is 10.0 Å². The van der Waals surface area contributed by atoms with Crippen LogP contribution in [0.3, 0.4) is 0 Å². The van der Waals surface area contributed by atoms with Crippen LogP contribution in [-0.2, 0) is 21.2 Å². The van der Waals surface area contributed by atoms with E-state index in [1.54, 1.807) is 25.1 Å². The second kappa shape index (κ2) is 10.4. The van der Waals surface area contributed by atoms with E-state index in [1.807, 2.05) is 0 Å². The zero-order valence-corrected chi connectivity index (χ0v) is 19.3. The molecule has 0 fully saturated rings. The average molecular weight is 490 g/mol. The minimum absolute atomic E-state index is 0.00189. The van der Waals surface area contributed by atoms with Crippen LogP contribution < -0.4 is 20.4 Å². The summed E-state index contributed by atoms with van der Waals surface area (Å²) in [7, 11) is -2.46. The van der Waals surface area contributed by atoms with E-state index >= 15 is 0 Å². The number of non-ortho nitro benzene ring substituents is 1. The number of nitrogens with zero attached hydrogens (tertiary/aromatic N) is 1. The van der Waals surface area contributed by atoms with Crippen molar-refractivity contribution in [2.45, 2.75) is 24.7 Å². The molecule has 0 atom stereocenters. The Kier molecular flexibility index (Phi) is 7.64. The predicted octanol–water partition coefficient (Wildman–Crippen LogP) is 2.05. The zero-order chi connectivity index (χ0) is 24.9. The number of aryl methyl sites for hydroxylation is 1. The molecule has 2 aromatic carbocycles. The number of carbonyl (C=O) groups is 1. The lowest BCUT2D eigenvalue weighted by molar-refractivity contribution is -0.385. The van der Waals surface area contributed by atoms with Gasteiger partial charge < -0.3 is 14.5 Å². The van der Waals surface area contributed by atoms with Gasteiger partial charge in [-0.2, -0.15) is 0 Å². The first-order chi connectivity index (χ1) is 16.1. The van der Waals surface area contributed by atoms with Crippen LogP contribution in [0.5, 0.6) is 5.75 Å². The van der Waals surface area contributed by atoms with Gasteiger partial charge in [-0.3, -0.25) is 14.9 Å². The third kappa shape index (κ3) is 5.77. The molecule has 0 unspecified atom stereocenters. The molecule has 1 heterocycles. The van der Waals surface area contributed by atoms with Crippen molar-refractivity contribution < 1.29 is 27.3 Å². The second-order valence-corrected chi connectivity index (χ2v) is 9.12. The number of benzene rings is 2. The van der Waals surface area contributed by atoms with Crippen LogP contribution in [0.15, 0.2) is 56.6 Å². The molecule has 0 spiro atoms. The number of nitrogens with one attached hydrogen (secondary N) is 2. The number of ether oxygens (including phenoxy) is 1. The van der Waals surface area contributed by atoms with Crippen molar-refractivity contribution in [2.75, 3.05) is 20.2 Å². The highest BCUT2D eigenvalue weighted by atomic mass is 32.2. The van der Waals surface area contributed by atoms with Crippen molar-refractivity contribution in [2.24, 2.45) is 0 Å². The zero-order valence-electron chi connectivity index (χ0n) is 18.5. The smallest absolute Gasteiger partial charge is 0.339 e. The first-order valence-electron chi connectivity index (χ1n) is 10.2. The molecule has 3 aromatic rings. The van der Waals surface area contributed by atoms with Gasteiger partial charge in [0, 0.05) is 48.7 Å². The fourth-order valence-corrected chi connectivity index (χ4v) is 4.42. The summed E-state index contributed by atoms with van der Waals surface area (Å²) in [6.45, 7) is 1.66. The number of hydrogen-bond acceptors (Lipinski definition) is 8. The third-order valence-corrected chi connectivity index (χ3v) is 6.63. The fraction of sp³-hybridized carbons (Fsp3) is 0.273. The lowest BCUT2D eigenvalue weighted by Gasteiger charge is -2.10. The molecule has 2 N–H and O–H groups in total. The van der Waals surface area contributed by atoms with Gasteiger partial charge >= 0.3 is 5.63 Å². The van der Waals surface area contributed by atoms with Crippen molar-refractivity contribution >= 4 is 32.6 Å². The fourth-order valence-electron chi connectivity index (χ4n) is 3.35. The molecule has 0 saturated carbocycles. The van der Waals surface area contributed by atoms with Gasteiger partial charge in [0.15, 0.2) is 0 Å². The summed E-state index contributed by atoms with van der Waals surface area (Å²) in [5.74, 6) is 0.187. The number of sulfonamides is 1. The quantitative estimate of drug-likeness (QED) is 0.189. The van der Waals surface area contributed by atoms with Crippen molar-refractivity contribution in [3.8, 4) is 5.75 Å². The van der Waals surface area contributed by atoms with Crippen molar-refractivity contribution in [3.63, 3.8) is 0 Å². The maximum atomic E-state index is 12.4. The molecule has 12 heteroatoms. The van der Waals surface area contributed by atoms with Crippen LogP contribution in [0.1, 0.15) is 17.5 Å². The molecule has 1 amide bonds. The van der Waals surface area contributed by atoms with Crippen LogP contribution in [-0.4, -0.2) is 39.4 Å². The minimum Gasteiger partial charge on any atom is -0.497 e. The Morgan fingerprint density at radius 1 is 1.18 bits per heavy atom. The van der Waals surface area contributed by atoms with Gasteiger partial charge in [-0.1, -0.05) is 6.07 Å². The van der Waals surface area contributed by atoms with Crippen LogP contribution in [0.2, 0.25) is 0 Å². The SMILES string of the molecule is COc1ccc2c(C)c(CCC(=O)NCCNS(=O)(=O)c3cccc([N+](=O)[O-])c3)c(=O)oc2c1. The molecule has 0 bridgehead atoms. The largest absolute Gasteiger partial charge is 0.497 e. The Morgan fingerprint density at radius 3 is 2.65 bits per heavy atom. The number of amides is 1. The number of rotatable bonds is 10. The highest BCUT2D eigenvalue weighted by Gasteiger charge is 2.17. The van der Waals surface area contributed by atoms with E-state index in [0.29, 0.717) is 22.5 Å². The van der Waals surface area contributed by atoms with Gasteiger partial charge in [0.1, 0.15) is 11.3 Å². The van der Waals surface area contributed by atoms with Crippen LogP contribution >= 0.6 is 0 Å². The summed E-state index contributed by atoms with van der Waals surface area (Å²) in [4.78, 5) is 34.5. The Morgan fingerprint density at radius 2 is 1.94 bits per heavy atom. The monoisotopic (exact) mass is 489 g/mol. The van der Waals surface area contributed by atoms with Crippen LogP contribution in [0, 0.1) is 17.0 Å². The maximum absolute atomic E-state index is 12.4. The van der Waals surface area contributed by atoms with E-state index in [2.05, 4.69) is 10.0 Å². The molecular formula is C22H23N3O8S. The highest BCUT2D eigenvalue weighted by Crippen LogP contribution is 2.24. The van der Waals surface area contributed by atoms with Gasteiger partial charge in [-0.25, -0.2) is 17.9 Å². The molecule has 0 aliphatic carbocycles. The molecule has 0 aliphatic heterocycles. The van der Waals surface area contributed by atoms with Gasteiger partial charge in [-0.05, 0) is 37.1 Å². The van der Waals surface area contributed by atoms with E-state index in [0.717, 1.165) is 11.5 Å². The third-order valence-electron chi connectivity index (χ3n) is 5.17. The summed E-state index contributed by atoms with van der Waals surface area (Å²) in [6.07, 6.45) is 0.159. The van der Waals surface area contributed by atoms with Crippen LogP contribution in [0.25, 0.3) is 11.0 Å². The molecule has 180 valence electrons.